The van der Waals surface area contributed by atoms with Crippen LogP contribution in [-0.2, 0) is 11.2 Å². The zero-order valence-corrected chi connectivity index (χ0v) is 13.6. The van der Waals surface area contributed by atoms with E-state index in [2.05, 4.69) is 0 Å². The van der Waals surface area contributed by atoms with Crippen molar-refractivity contribution in [3.05, 3.63) is 23.8 Å². The van der Waals surface area contributed by atoms with Crippen molar-refractivity contribution >= 4 is 5.91 Å². The molecule has 23 heavy (non-hydrogen) atoms. The van der Waals surface area contributed by atoms with Gasteiger partial charge >= 0.3 is 6.18 Å². The Bertz CT molecular complexity index is 514. The number of ether oxygens (including phenoxy) is 2. The van der Waals surface area contributed by atoms with Crippen LogP contribution in [-0.4, -0.2) is 43.8 Å². The number of aryl methyl sites for hydroxylation is 1. The van der Waals surface area contributed by atoms with E-state index in [1.165, 1.54) is 13.2 Å². The van der Waals surface area contributed by atoms with Crippen LogP contribution in [0.1, 0.15) is 25.8 Å². The molecule has 0 aliphatic heterocycles. The average molecular weight is 333 g/mol. The molecule has 0 N–H and O–H groups in total. The van der Waals surface area contributed by atoms with Crippen molar-refractivity contribution < 1.29 is 27.4 Å². The van der Waals surface area contributed by atoms with Gasteiger partial charge in [-0.15, -0.1) is 0 Å². The molecule has 0 heterocycles. The SMILES string of the molecule is CCN(CC)C(=O)CCc1ccc(OCC(F)(F)F)c(OC)c1. The third kappa shape index (κ3) is 6.38. The molecule has 0 bridgehead atoms. The predicted octanol–water partition coefficient (Wildman–Crippen LogP) is 3.44. The second-order valence-corrected chi connectivity index (χ2v) is 4.96. The molecule has 1 aromatic carbocycles. The van der Waals surface area contributed by atoms with Crippen LogP contribution >= 0.6 is 0 Å². The van der Waals surface area contributed by atoms with E-state index in [0.717, 1.165) is 5.56 Å². The highest BCUT2D eigenvalue weighted by Gasteiger charge is 2.29. The molecule has 0 saturated carbocycles. The van der Waals surface area contributed by atoms with Gasteiger partial charge in [0.2, 0.25) is 5.91 Å². The van der Waals surface area contributed by atoms with Crippen molar-refractivity contribution in [1.82, 2.24) is 4.90 Å². The van der Waals surface area contributed by atoms with Crippen LogP contribution in [0.5, 0.6) is 11.5 Å². The Morgan fingerprint density at radius 2 is 1.83 bits per heavy atom. The first-order chi connectivity index (χ1) is 10.8. The molecule has 0 aliphatic rings. The summed E-state index contributed by atoms with van der Waals surface area (Å²) in [4.78, 5) is 13.7. The maximum absolute atomic E-state index is 12.2. The van der Waals surface area contributed by atoms with Crippen LogP contribution < -0.4 is 9.47 Å². The monoisotopic (exact) mass is 333 g/mol. The fraction of sp³-hybridized carbons (Fsp3) is 0.562. The largest absolute Gasteiger partial charge is 0.493 e. The first-order valence-electron chi connectivity index (χ1n) is 7.45. The fourth-order valence-electron chi connectivity index (χ4n) is 2.13. The molecule has 0 fully saturated rings. The molecular formula is C16H22F3NO3. The quantitative estimate of drug-likeness (QED) is 0.731. The minimum Gasteiger partial charge on any atom is -0.493 e. The Labute approximate surface area is 134 Å². The lowest BCUT2D eigenvalue weighted by Gasteiger charge is -2.18. The molecule has 7 heteroatoms. The second-order valence-electron chi connectivity index (χ2n) is 4.96. The van der Waals surface area contributed by atoms with Crippen molar-refractivity contribution in [2.45, 2.75) is 32.9 Å². The van der Waals surface area contributed by atoms with Crippen LogP contribution in [0.25, 0.3) is 0 Å². The highest BCUT2D eigenvalue weighted by atomic mass is 19.4. The molecular weight excluding hydrogens is 311 g/mol. The number of benzene rings is 1. The average Bonchev–Trinajstić information content (AvgIpc) is 2.51. The van der Waals surface area contributed by atoms with E-state index in [9.17, 15) is 18.0 Å². The van der Waals surface area contributed by atoms with Gasteiger partial charge in [-0.05, 0) is 38.0 Å². The lowest BCUT2D eigenvalue weighted by atomic mass is 10.1. The van der Waals surface area contributed by atoms with Gasteiger partial charge in [-0.25, -0.2) is 0 Å². The lowest BCUT2D eigenvalue weighted by Crippen LogP contribution is -2.30. The van der Waals surface area contributed by atoms with Gasteiger partial charge in [0.05, 0.1) is 7.11 Å². The van der Waals surface area contributed by atoms with Crippen molar-refractivity contribution in [2.24, 2.45) is 0 Å². The number of alkyl halides is 3. The summed E-state index contributed by atoms with van der Waals surface area (Å²) in [5.74, 6) is 0.303. The normalized spacial score (nSPS) is 11.2. The molecule has 1 aromatic rings. The minimum absolute atomic E-state index is 0.0312. The van der Waals surface area contributed by atoms with Gasteiger partial charge in [0.1, 0.15) is 0 Å². The zero-order valence-electron chi connectivity index (χ0n) is 13.6. The van der Waals surface area contributed by atoms with Gasteiger partial charge in [-0.3, -0.25) is 4.79 Å². The van der Waals surface area contributed by atoms with Crippen molar-refractivity contribution in [2.75, 3.05) is 26.8 Å². The second kappa shape index (κ2) is 8.64. The Balaban J connectivity index is 2.70. The Morgan fingerprint density at radius 3 is 2.35 bits per heavy atom. The number of amides is 1. The van der Waals surface area contributed by atoms with Crippen molar-refractivity contribution in [1.29, 1.82) is 0 Å². The highest BCUT2D eigenvalue weighted by Crippen LogP contribution is 2.30. The van der Waals surface area contributed by atoms with Crippen LogP contribution in [0, 0.1) is 0 Å². The smallest absolute Gasteiger partial charge is 0.422 e. The topological polar surface area (TPSA) is 38.8 Å². The number of carbonyl (C=O) groups is 1. The summed E-state index contributed by atoms with van der Waals surface area (Å²) in [6, 6.07) is 4.67. The molecule has 0 atom stereocenters. The summed E-state index contributed by atoms with van der Waals surface area (Å²) in [6.45, 7) is 3.77. The molecule has 130 valence electrons. The van der Waals surface area contributed by atoms with E-state index < -0.39 is 12.8 Å². The molecule has 0 saturated heterocycles. The van der Waals surface area contributed by atoms with Gasteiger partial charge < -0.3 is 14.4 Å². The third-order valence-corrected chi connectivity index (χ3v) is 3.36. The first-order valence-corrected chi connectivity index (χ1v) is 7.45. The van der Waals surface area contributed by atoms with E-state index in [0.29, 0.717) is 25.9 Å². The van der Waals surface area contributed by atoms with Gasteiger partial charge in [-0.2, -0.15) is 13.2 Å². The van der Waals surface area contributed by atoms with E-state index in [1.807, 2.05) is 13.8 Å². The predicted molar refractivity (Wildman–Crippen MR) is 80.8 cm³/mol. The van der Waals surface area contributed by atoms with Crippen LogP contribution in [0.2, 0.25) is 0 Å². The van der Waals surface area contributed by atoms with Gasteiger partial charge in [0.15, 0.2) is 18.1 Å². The third-order valence-electron chi connectivity index (χ3n) is 3.36. The minimum atomic E-state index is -4.40. The van der Waals surface area contributed by atoms with Crippen molar-refractivity contribution in [3.63, 3.8) is 0 Å². The number of carbonyl (C=O) groups excluding carboxylic acids is 1. The molecule has 4 nitrogen and oxygen atoms in total. The standard InChI is InChI=1S/C16H22F3NO3/c1-4-20(5-2)15(21)9-7-12-6-8-13(14(10-12)22-3)23-11-16(17,18)19/h6,8,10H,4-5,7,9,11H2,1-3H3. The van der Waals surface area contributed by atoms with Crippen LogP contribution in [0.4, 0.5) is 13.2 Å². The Kier molecular flexibility index (Phi) is 7.19. The van der Waals surface area contributed by atoms with E-state index in [1.54, 1.807) is 17.0 Å². The van der Waals surface area contributed by atoms with Crippen LogP contribution in [0.3, 0.4) is 0 Å². The van der Waals surface area contributed by atoms with E-state index >= 15 is 0 Å². The summed E-state index contributed by atoms with van der Waals surface area (Å²) in [5, 5.41) is 0. The summed E-state index contributed by atoms with van der Waals surface area (Å²) < 4.78 is 46.4. The summed E-state index contributed by atoms with van der Waals surface area (Å²) in [6.07, 6.45) is -3.57. The molecule has 1 amide bonds. The molecule has 0 radical (unpaired) electrons. The Hall–Kier alpha value is -1.92. The molecule has 0 aliphatic carbocycles. The van der Waals surface area contributed by atoms with Gasteiger partial charge in [0.25, 0.3) is 0 Å². The van der Waals surface area contributed by atoms with Gasteiger partial charge in [0, 0.05) is 19.5 Å². The number of nitrogens with zero attached hydrogens (tertiary/aromatic N) is 1. The van der Waals surface area contributed by atoms with E-state index in [-0.39, 0.29) is 17.4 Å². The highest BCUT2D eigenvalue weighted by molar-refractivity contribution is 5.76. The Morgan fingerprint density at radius 1 is 1.17 bits per heavy atom. The maximum atomic E-state index is 12.2. The number of halogens is 3. The van der Waals surface area contributed by atoms with Gasteiger partial charge in [-0.1, -0.05) is 6.07 Å². The molecule has 0 unspecified atom stereocenters. The van der Waals surface area contributed by atoms with E-state index in [4.69, 9.17) is 9.47 Å². The first kappa shape index (κ1) is 19.1. The summed E-state index contributed by atoms with van der Waals surface area (Å²) in [5.41, 5.74) is 0.807. The summed E-state index contributed by atoms with van der Waals surface area (Å²) in [7, 11) is 1.36. The molecule has 0 aromatic heterocycles. The molecule has 1 rings (SSSR count). The summed E-state index contributed by atoms with van der Waals surface area (Å²) >= 11 is 0. The van der Waals surface area contributed by atoms with Crippen LogP contribution in [0.15, 0.2) is 18.2 Å². The molecule has 0 spiro atoms. The fourth-order valence-corrected chi connectivity index (χ4v) is 2.13. The number of hydrogen-bond donors (Lipinski definition) is 0. The van der Waals surface area contributed by atoms with Crippen molar-refractivity contribution in [3.8, 4) is 11.5 Å². The number of methoxy groups -OCH3 is 1. The number of rotatable bonds is 8. The zero-order chi connectivity index (χ0) is 17.5. The number of hydrogen-bond acceptors (Lipinski definition) is 3. The lowest BCUT2D eigenvalue weighted by molar-refractivity contribution is -0.153. The maximum Gasteiger partial charge on any atom is 0.422 e.